The molecular weight excluding hydrogens is 366 g/mol. The van der Waals surface area contributed by atoms with E-state index in [0.29, 0.717) is 0 Å². The second-order valence-corrected chi connectivity index (χ2v) is 8.04. The normalized spacial score (nSPS) is 18.5. The Morgan fingerprint density at radius 3 is 2.58 bits per heavy atom. The SMILES string of the molecule is CC(C)C1C(=O)N=C2c3ccccc3N=C(SCc3ccc(Cl)cc3)N21. The fourth-order valence-corrected chi connectivity index (χ4v) is 4.31. The van der Waals surface area contributed by atoms with E-state index in [2.05, 4.69) is 4.99 Å². The van der Waals surface area contributed by atoms with Gasteiger partial charge in [-0.15, -0.1) is 0 Å². The van der Waals surface area contributed by atoms with Gasteiger partial charge in [0.05, 0.1) is 5.69 Å². The maximum atomic E-state index is 12.5. The third-order valence-corrected chi connectivity index (χ3v) is 5.73. The highest BCUT2D eigenvalue weighted by Gasteiger charge is 2.43. The molecule has 0 aliphatic carbocycles. The van der Waals surface area contributed by atoms with E-state index in [-0.39, 0.29) is 17.9 Å². The zero-order valence-electron chi connectivity index (χ0n) is 14.5. The van der Waals surface area contributed by atoms with Crippen LogP contribution in [0.25, 0.3) is 0 Å². The summed E-state index contributed by atoms with van der Waals surface area (Å²) in [5.41, 5.74) is 2.93. The Morgan fingerprint density at radius 1 is 1.12 bits per heavy atom. The van der Waals surface area contributed by atoms with Crippen LogP contribution in [0.3, 0.4) is 0 Å². The molecule has 2 heterocycles. The van der Waals surface area contributed by atoms with Crippen LogP contribution in [0.5, 0.6) is 0 Å². The van der Waals surface area contributed by atoms with Crippen LogP contribution >= 0.6 is 23.4 Å². The summed E-state index contributed by atoms with van der Waals surface area (Å²) in [6, 6.07) is 15.3. The van der Waals surface area contributed by atoms with Gasteiger partial charge in [0, 0.05) is 16.3 Å². The molecule has 1 unspecified atom stereocenters. The van der Waals surface area contributed by atoms with Crippen molar-refractivity contribution in [2.24, 2.45) is 15.9 Å². The monoisotopic (exact) mass is 383 g/mol. The van der Waals surface area contributed by atoms with Gasteiger partial charge in [0.1, 0.15) is 11.9 Å². The van der Waals surface area contributed by atoms with Crippen molar-refractivity contribution in [2.75, 3.05) is 0 Å². The number of fused-ring (bicyclic) bond motifs is 3. The number of carbonyl (C=O) groups is 1. The third-order valence-electron chi connectivity index (χ3n) is 4.46. The molecule has 0 aromatic heterocycles. The Labute approximate surface area is 162 Å². The van der Waals surface area contributed by atoms with E-state index in [1.165, 1.54) is 0 Å². The maximum Gasteiger partial charge on any atom is 0.271 e. The van der Waals surface area contributed by atoms with Crippen molar-refractivity contribution in [3.63, 3.8) is 0 Å². The molecule has 26 heavy (non-hydrogen) atoms. The summed E-state index contributed by atoms with van der Waals surface area (Å²) in [6.07, 6.45) is 0. The first-order valence-electron chi connectivity index (χ1n) is 8.51. The van der Waals surface area contributed by atoms with E-state index >= 15 is 0 Å². The first-order valence-corrected chi connectivity index (χ1v) is 9.88. The predicted octanol–water partition coefficient (Wildman–Crippen LogP) is 4.89. The summed E-state index contributed by atoms with van der Waals surface area (Å²) >= 11 is 7.59. The van der Waals surface area contributed by atoms with Gasteiger partial charge in [-0.1, -0.05) is 61.5 Å². The summed E-state index contributed by atoms with van der Waals surface area (Å²) in [4.78, 5) is 23.7. The van der Waals surface area contributed by atoms with Crippen molar-refractivity contribution in [1.82, 2.24) is 4.90 Å². The number of nitrogens with zero attached hydrogens (tertiary/aromatic N) is 3. The summed E-state index contributed by atoms with van der Waals surface area (Å²) in [6.45, 7) is 4.09. The molecule has 4 rings (SSSR count). The summed E-state index contributed by atoms with van der Waals surface area (Å²) in [7, 11) is 0. The van der Waals surface area contributed by atoms with Gasteiger partial charge in [-0.2, -0.15) is 4.99 Å². The van der Waals surface area contributed by atoms with Crippen molar-refractivity contribution in [3.05, 3.63) is 64.7 Å². The fourth-order valence-electron chi connectivity index (χ4n) is 3.20. The topological polar surface area (TPSA) is 45.0 Å². The Balaban J connectivity index is 1.69. The van der Waals surface area contributed by atoms with Crippen LogP contribution in [-0.2, 0) is 10.5 Å². The lowest BCUT2D eigenvalue weighted by molar-refractivity contribution is -0.120. The molecule has 2 aliphatic rings. The number of benzene rings is 2. The number of rotatable bonds is 3. The molecule has 0 saturated heterocycles. The first kappa shape index (κ1) is 17.3. The minimum Gasteiger partial charge on any atom is -0.292 e. The summed E-state index contributed by atoms with van der Waals surface area (Å²) < 4.78 is 0. The molecule has 2 aromatic carbocycles. The Hall–Kier alpha value is -2.11. The van der Waals surface area contributed by atoms with Gasteiger partial charge < -0.3 is 0 Å². The highest BCUT2D eigenvalue weighted by Crippen LogP contribution is 2.36. The molecule has 0 saturated carbocycles. The smallest absolute Gasteiger partial charge is 0.271 e. The molecule has 1 amide bonds. The van der Waals surface area contributed by atoms with Crippen LogP contribution in [0, 0.1) is 5.92 Å². The molecule has 0 bridgehead atoms. The van der Waals surface area contributed by atoms with E-state index in [0.717, 1.165) is 38.6 Å². The molecular formula is C20H18ClN3OS. The molecule has 2 aliphatic heterocycles. The third kappa shape index (κ3) is 3.06. The second kappa shape index (κ2) is 6.89. The molecule has 6 heteroatoms. The van der Waals surface area contributed by atoms with Crippen molar-refractivity contribution in [1.29, 1.82) is 0 Å². The highest BCUT2D eigenvalue weighted by molar-refractivity contribution is 8.13. The molecule has 132 valence electrons. The number of para-hydroxylation sites is 1. The van der Waals surface area contributed by atoms with Crippen LogP contribution < -0.4 is 0 Å². The number of amides is 1. The minimum atomic E-state index is -0.296. The van der Waals surface area contributed by atoms with Gasteiger partial charge in [-0.25, -0.2) is 4.99 Å². The van der Waals surface area contributed by atoms with Crippen molar-refractivity contribution in [3.8, 4) is 0 Å². The second-order valence-electron chi connectivity index (χ2n) is 6.66. The Morgan fingerprint density at radius 2 is 1.85 bits per heavy atom. The zero-order chi connectivity index (χ0) is 18.3. The lowest BCUT2D eigenvalue weighted by Crippen LogP contribution is -2.46. The van der Waals surface area contributed by atoms with Gasteiger partial charge in [-0.3, -0.25) is 9.69 Å². The standard InChI is InChI=1S/C20H18ClN3OS/c1-12(2)17-19(25)23-18-15-5-3-4-6-16(15)22-20(24(17)18)26-11-13-7-9-14(21)10-8-13/h3-10,12,17H,11H2,1-2H3. The van der Waals surface area contributed by atoms with E-state index in [4.69, 9.17) is 16.6 Å². The van der Waals surface area contributed by atoms with Crippen LogP contribution in [-0.4, -0.2) is 27.9 Å². The van der Waals surface area contributed by atoms with Crippen molar-refractivity contribution >= 4 is 46.0 Å². The fraction of sp³-hybridized carbons (Fsp3) is 0.250. The van der Waals surface area contributed by atoms with E-state index in [1.54, 1.807) is 11.8 Å². The lowest BCUT2D eigenvalue weighted by atomic mass is 10.0. The van der Waals surface area contributed by atoms with Crippen molar-refractivity contribution in [2.45, 2.75) is 25.6 Å². The molecule has 4 nitrogen and oxygen atoms in total. The van der Waals surface area contributed by atoms with Gasteiger partial charge >= 0.3 is 0 Å². The summed E-state index contributed by atoms with van der Waals surface area (Å²) in [5, 5.41) is 1.55. The molecule has 0 spiro atoms. The first-order chi connectivity index (χ1) is 12.5. The quantitative estimate of drug-likeness (QED) is 0.758. The lowest BCUT2D eigenvalue weighted by Gasteiger charge is -2.32. The Kier molecular flexibility index (Phi) is 4.59. The van der Waals surface area contributed by atoms with E-state index in [9.17, 15) is 4.79 Å². The largest absolute Gasteiger partial charge is 0.292 e. The van der Waals surface area contributed by atoms with Gasteiger partial charge in [0.15, 0.2) is 5.17 Å². The number of carbonyl (C=O) groups excluding carboxylic acids is 1. The highest BCUT2D eigenvalue weighted by atomic mass is 35.5. The van der Waals surface area contributed by atoms with Gasteiger partial charge in [0.25, 0.3) is 5.91 Å². The average molecular weight is 384 g/mol. The number of halogens is 1. The van der Waals surface area contributed by atoms with Crippen molar-refractivity contribution < 1.29 is 4.79 Å². The molecule has 1 atom stereocenters. The summed E-state index contributed by atoms with van der Waals surface area (Å²) in [5.74, 6) is 1.53. The number of aliphatic imine (C=N–C) groups is 2. The number of hydrogen-bond donors (Lipinski definition) is 0. The van der Waals surface area contributed by atoms with Gasteiger partial charge in [0.2, 0.25) is 0 Å². The number of thioether (sulfide) groups is 1. The van der Waals surface area contributed by atoms with Crippen LogP contribution in [0.1, 0.15) is 25.0 Å². The minimum absolute atomic E-state index is 0.0912. The molecule has 0 radical (unpaired) electrons. The average Bonchev–Trinajstić information content (AvgIpc) is 2.98. The van der Waals surface area contributed by atoms with E-state index < -0.39 is 0 Å². The van der Waals surface area contributed by atoms with Crippen LogP contribution in [0.2, 0.25) is 5.02 Å². The Bertz CT molecular complexity index is 921. The predicted molar refractivity (Wildman–Crippen MR) is 108 cm³/mol. The zero-order valence-corrected chi connectivity index (χ0v) is 16.1. The molecule has 0 fully saturated rings. The van der Waals surface area contributed by atoms with Crippen LogP contribution in [0.4, 0.5) is 5.69 Å². The van der Waals surface area contributed by atoms with Crippen LogP contribution in [0.15, 0.2) is 58.5 Å². The molecule has 0 N–H and O–H groups in total. The number of amidine groups is 2. The number of hydrogen-bond acceptors (Lipinski definition) is 4. The van der Waals surface area contributed by atoms with Gasteiger partial charge in [-0.05, 0) is 35.7 Å². The maximum absolute atomic E-state index is 12.5. The molecule has 2 aromatic rings. The van der Waals surface area contributed by atoms with E-state index in [1.807, 2.05) is 67.3 Å².